The Hall–Kier alpha value is -0.770. The monoisotopic (exact) mass is 200 g/mol. The highest BCUT2D eigenvalue weighted by Gasteiger charge is 2.30. The van der Waals surface area contributed by atoms with Crippen LogP contribution in [0.2, 0.25) is 0 Å². The van der Waals surface area contributed by atoms with Gasteiger partial charge in [0.05, 0.1) is 7.11 Å². The fourth-order valence-corrected chi connectivity index (χ4v) is 2.20. The number of hydrogen-bond donors (Lipinski definition) is 1. The van der Waals surface area contributed by atoms with Gasteiger partial charge in [-0.3, -0.25) is 0 Å². The van der Waals surface area contributed by atoms with E-state index in [0.29, 0.717) is 12.5 Å². The molecule has 4 heteroatoms. The van der Waals surface area contributed by atoms with Crippen molar-refractivity contribution in [3.05, 3.63) is 0 Å². The van der Waals surface area contributed by atoms with E-state index in [1.54, 1.807) is 0 Å². The normalized spacial score (nSPS) is 27.5. The van der Waals surface area contributed by atoms with E-state index in [9.17, 15) is 4.79 Å². The van der Waals surface area contributed by atoms with Crippen LogP contribution in [-0.4, -0.2) is 37.2 Å². The Morgan fingerprint density at radius 3 is 2.93 bits per heavy atom. The zero-order chi connectivity index (χ0) is 10.6. The molecule has 1 fully saturated rings. The van der Waals surface area contributed by atoms with E-state index in [-0.39, 0.29) is 12.1 Å². The first-order valence-corrected chi connectivity index (χ1v) is 5.25. The van der Waals surface area contributed by atoms with Crippen LogP contribution in [0.15, 0.2) is 0 Å². The molecule has 0 aromatic rings. The SMILES string of the molecule is COC(=O)N1CCCC(CCN)C1C. The molecule has 1 aliphatic heterocycles. The molecule has 0 radical (unpaired) electrons. The summed E-state index contributed by atoms with van der Waals surface area (Å²) in [5, 5.41) is 0. The lowest BCUT2D eigenvalue weighted by atomic mass is 9.88. The number of carbonyl (C=O) groups excluding carboxylic acids is 1. The first kappa shape index (κ1) is 11.3. The zero-order valence-corrected chi connectivity index (χ0v) is 9.03. The molecule has 2 atom stereocenters. The molecular weight excluding hydrogens is 180 g/mol. The lowest BCUT2D eigenvalue weighted by molar-refractivity contribution is 0.0704. The van der Waals surface area contributed by atoms with Gasteiger partial charge in [-0.2, -0.15) is 0 Å². The summed E-state index contributed by atoms with van der Waals surface area (Å²) in [5.41, 5.74) is 5.54. The standard InChI is InChI=1S/C10H20N2O2/c1-8-9(5-6-11)4-3-7-12(8)10(13)14-2/h8-9H,3-7,11H2,1-2H3. The van der Waals surface area contributed by atoms with Gasteiger partial charge in [0.15, 0.2) is 0 Å². The largest absolute Gasteiger partial charge is 0.453 e. The van der Waals surface area contributed by atoms with E-state index in [2.05, 4.69) is 6.92 Å². The highest BCUT2D eigenvalue weighted by Crippen LogP contribution is 2.26. The molecule has 0 spiro atoms. The predicted molar refractivity (Wildman–Crippen MR) is 55.0 cm³/mol. The smallest absolute Gasteiger partial charge is 0.409 e. The summed E-state index contributed by atoms with van der Waals surface area (Å²) in [7, 11) is 1.43. The Morgan fingerprint density at radius 2 is 2.36 bits per heavy atom. The van der Waals surface area contributed by atoms with E-state index >= 15 is 0 Å². The fraction of sp³-hybridized carbons (Fsp3) is 0.900. The third-order valence-corrected chi connectivity index (χ3v) is 3.09. The number of likely N-dealkylation sites (tertiary alicyclic amines) is 1. The second kappa shape index (κ2) is 5.20. The summed E-state index contributed by atoms with van der Waals surface area (Å²) in [5.74, 6) is 0.535. The molecule has 1 rings (SSSR count). The number of ether oxygens (including phenoxy) is 1. The first-order valence-electron chi connectivity index (χ1n) is 5.25. The van der Waals surface area contributed by atoms with Crippen molar-refractivity contribution < 1.29 is 9.53 Å². The highest BCUT2D eigenvalue weighted by atomic mass is 16.5. The van der Waals surface area contributed by atoms with Crippen molar-refractivity contribution >= 4 is 6.09 Å². The molecule has 0 saturated carbocycles. The van der Waals surface area contributed by atoms with Gasteiger partial charge in [-0.1, -0.05) is 0 Å². The van der Waals surface area contributed by atoms with Gasteiger partial charge in [0.1, 0.15) is 0 Å². The summed E-state index contributed by atoms with van der Waals surface area (Å²) in [6, 6.07) is 0.264. The van der Waals surface area contributed by atoms with Gasteiger partial charge in [0, 0.05) is 12.6 Å². The molecule has 1 amide bonds. The number of carbonyl (C=O) groups is 1. The van der Waals surface area contributed by atoms with Crippen LogP contribution >= 0.6 is 0 Å². The van der Waals surface area contributed by atoms with Crippen molar-refractivity contribution in [3.63, 3.8) is 0 Å². The molecule has 0 aromatic heterocycles. The van der Waals surface area contributed by atoms with Crippen molar-refractivity contribution in [3.8, 4) is 0 Å². The Morgan fingerprint density at radius 1 is 1.64 bits per heavy atom. The van der Waals surface area contributed by atoms with E-state index in [1.807, 2.05) is 4.90 Å². The zero-order valence-electron chi connectivity index (χ0n) is 9.03. The molecule has 1 heterocycles. The molecule has 2 unspecified atom stereocenters. The number of amides is 1. The number of nitrogens with two attached hydrogens (primary N) is 1. The van der Waals surface area contributed by atoms with Crippen molar-refractivity contribution in [1.82, 2.24) is 4.90 Å². The molecular formula is C10H20N2O2. The molecule has 0 aliphatic carbocycles. The summed E-state index contributed by atoms with van der Waals surface area (Å²) in [4.78, 5) is 13.2. The summed E-state index contributed by atoms with van der Waals surface area (Å²) in [6.45, 7) is 3.59. The lowest BCUT2D eigenvalue weighted by Crippen LogP contribution is -2.47. The minimum Gasteiger partial charge on any atom is -0.453 e. The van der Waals surface area contributed by atoms with Crippen LogP contribution in [0.5, 0.6) is 0 Å². The van der Waals surface area contributed by atoms with Crippen LogP contribution in [0.1, 0.15) is 26.2 Å². The van der Waals surface area contributed by atoms with E-state index in [0.717, 1.165) is 19.4 Å². The third-order valence-electron chi connectivity index (χ3n) is 3.09. The van der Waals surface area contributed by atoms with Gasteiger partial charge < -0.3 is 15.4 Å². The third kappa shape index (κ3) is 2.38. The van der Waals surface area contributed by atoms with Crippen LogP contribution in [0.4, 0.5) is 4.79 Å². The first-order chi connectivity index (χ1) is 6.70. The van der Waals surface area contributed by atoms with E-state index < -0.39 is 0 Å². The summed E-state index contributed by atoms with van der Waals surface area (Å²) >= 11 is 0. The quantitative estimate of drug-likeness (QED) is 0.728. The number of hydrogen-bond acceptors (Lipinski definition) is 3. The molecule has 14 heavy (non-hydrogen) atoms. The predicted octanol–water partition coefficient (Wildman–Crippen LogP) is 1.20. The minimum atomic E-state index is -0.209. The molecule has 1 aliphatic rings. The molecule has 0 bridgehead atoms. The van der Waals surface area contributed by atoms with Gasteiger partial charge in [-0.05, 0) is 38.6 Å². The van der Waals surface area contributed by atoms with Crippen molar-refractivity contribution in [2.24, 2.45) is 11.7 Å². The van der Waals surface area contributed by atoms with Crippen LogP contribution in [0.25, 0.3) is 0 Å². The van der Waals surface area contributed by atoms with E-state index in [1.165, 1.54) is 13.5 Å². The van der Waals surface area contributed by atoms with Gasteiger partial charge in [0.25, 0.3) is 0 Å². The lowest BCUT2D eigenvalue weighted by Gasteiger charge is -2.38. The fourth-order valence-electron chi connectivity index (χ4n) is 2.20. The minimum absolute atomic E-state index is 0.209. The van der Waals surface area contributed by atoms with Gasteiger partial charge in [-0.25, -0.2) is 4.79 Å². The van der Waals surface area contributed by atoms with Crippen molar-refractivity contribution in [2.45, 2.75) is 32.2 Å². The average Bonchev–Trinajstić information content (AvgIpc) is 2.20. The van der Waals surface area contributed by atoms with Crippen LogP contribution in [0.3, 0.4) is 0 Å². The molecule has 82 valence electrons. The highest BCUT2D eigenvalue weighted by molar-refractivity contribution is 5.67. The van der Waals surface area contributed by atoms with Gasteiger partial charge in [0.2, 0.25) is 0 Å². The summed E-state index contributed by atoms with van der Waals surface area (Å²) in [6.07, 6.45) is 3.02. The van der Waals surface area contributed by atoms with Crippen molar-refractivity contribution in [2.75, 3.05) is 20.2 Å². The second-order valence-electron chi connectivity index (χ2n) is 3.88. The van der Waals surface area contributed by atoms with Crippen molar-refractivity contribution in [1.29, 1.82) is 0 Å². The number of rotatable bonds is 2. The Balaban J connectivity index is 2.56. The molecule has 4 nitrogen and oxygen atoms in total. The van der Waals surface area contributed by atoms with Crippen LogP contribution in [-0.2, 0) is 4.74 Å². The Bertz CT molecular complexity index is 195. The number of methoxy groups -OCH3 is 1. The van der Waals surface area contributed by atoms with E-state index in [4.69, 9.17) is 10.5 Å². The maximum absolute atomic E-state index is 11.4. The van der Waals surface area contributed by atoms with Gasteiger partial charge >= 0.3 is 6.09 Å². The number of piperidine rings is 1. The van der Waals surface area contributed by atoms with Crippen LogP contribution in [0, 0.1) is 5.92 Å². The Labute approximate surface area is 85.4 Å². The second-order valence-corrected chi connectivity index (χ2v) is 3.88. The van der Waals surface area contributed by atoms with Crippen LogP contribution < -0.4 is 5.73 Å². The maximum Gasteiger partial charge on any atom is 0.409 e. The van der Waals surface area contributed by atoms with Gasteiger partial charge in [-0.15, -0.1) is 0 Å². The topological polar surface area (TPSA) is 55.6 Å². The summed E-state index contributed by atoms with van der Waals surface area (Å²) < 4.78 is 4.74. The molecule has 2 N–H and O–H groups in total. The number of nitrogens with zero attached hydrogens (tertiary/aromatic N) is 1. The molecule has 0 aromatic carbocycles. The average molecular weight is 200 g/mol. The Kier molecular flexibility index (Phi) is 4.20. The maximum atomic E-state index is 11.4. The molecule has 1 saturated heterocycles.